The minimum absolute atomic E-state index is 0.181. The fourth-order valence-corrected chi connectivity index (χ4v) is 3.95. The van der Waals surface area contributed by atoms with Gasteiger partial charge in [-0.2, -0.15) is 0 Å². The summed E-state index contributed by atoms with van der Waals surface area (Å²) in [5, 5.41) is 7.88. The number of nitrogens with one attached hydrogen (secondary N) is 2. The third-order valence-electron chi connectivity index (χ3n) is 4.49. The van der Waals surface area contributed by atoms with E-state index in [0.717, 1.165) is 0 Å². The Bertz CT molecular complexity index is 1070. The van der Waals surface area contributed by atoms with Crippen LogP contribution in [0.2, 0.25) is 5.02 Å². The summed E-state index contributed by atoms with van der Waals surface area (Å²) in [6.45, 7) is 0. The summed E-state index contributed by atoms with van der Waals surface area (Å²) in [5.74, 6) is -1.10. The van der Waals surface area contributed by atoms with E-state index in [1.807, 2.05) is 0 Å². The molecule has 0 saturated heterocycles. The Hall–Kier alpha value is -3.16. The number of thiophene rings is 1. The van der Waals surface area contributed by atoms with Crippen molar-refractivity contribution in [3.8, 4) is 0 Å². The molecule has 4 rings (SSSR count). The van der Waals surface area contributed by atoms with E-state index in [-0.39, 0.29) is 18.2 Å². The monoisotopic (exact) mass is 425 g/mol. The first-order chi connectivity index (χ1) is 14.0. The first kappa shape index (κ1) is 19.2. The minimum Gasteiger partial charge on any atom is -0.326 e. The van der Waals surface area contributed by atoms with Crippen molar-refractivity contribution in [1.29, 1.82) is 0 Å². The number of hydrogen-bond acceptors (Lipinski definition) is 4. The molecule has 8 heteroatoms. The highest BCUT2D eigenvalue weighted by Gasteiger charge is 2.38. The SMILES string of the molecule is O=C(C[C@H]1C(=O)Nc2ccccc2N1C(=O)c1cccs1)Nc1ccc(Cl)cc1. The topological polar surface area (TPSA) is 78.5 Å². The maximum absolute atomic E-state index is 13.2. The predicted octanol–water partition coefficient (Wildman–Crippen LogP) is 4.40. The Labute approximate surface area is 176 Å². The van der Waals surface area contributed by atoms with Gasteiger partial charge in [-0.1, -0.05) is 29.8 Å². The molecule has 1 aliphatic heterocycles. The summed E-state index contributed by atoms with van der Waals surface area (Å²) in [7, 11) is 0. The van der Waals surface area contributed by atoms with Gasteiger partial charge in [0.05, 0.1) is 22.7 Å². The second-order valence-electron chi connectivity index (χ2n) is 6.43. The van der Waals surface area contributed by atoms with E-state index in [1.165, 1.54) is 16.2 Å². The molecule has 1 aliphatic rings. The van der Waals surface area contributed by atoms with Crippen LogP contribution in [0.25, 0.3) is 0 Å². The van der Waals surface area contributed by atoms with Gasteiger partial charge in [0.1, 0.15) is 6.04 Å². The zero-order valence-corrected chi connectivity index (χ0v) is 16.7. The summed E-state index contributed by atoms with van der Waals surface area (Å²) in [4.78, 5) is 40.5. The standard InChI is InChI=1S/C21H16ClN3O3S/c22-13-7-9-14(10-8-13)23-19(26)12-17-20(27)24-15-4-1-2-5-16(15)25(17)21(28)18-6-3-11-29-18/h1-11,17H,12H2,(H,23,26)(H,24,27)/t17-/m0/s1. The van der Waals surface area contributed by atoms with Gasteiger partial charge in [0, 0.05) is 10.7 Å². The van der Waals surface area contributed by atoms with Gasteiger partial charge in [-0.25, -0.2) is 0 Å². The Morgan fingerprint density at radius 2 is 1.83 bits per heavy atom. The molecule has 2 heterocycles. The van der Waals surface area contributed by atoms with Crippen molar-refractivity contribution in [2.75, 3.05) is 15.5 Å². The zero-order chi connectivity index (χ0) is 20.4. The number of benzene rings is 2. The second kappa shape index (κ2) is 8.06. The lowest BCUT2D eigenvalue weighted by Gasteiger charge is -2.35. The van der Waals surface area contributed by atoms with Gasteiger partial charge < -0.3 is 10.6 Å². The van der Waals surface area contributed by atoms with Gasteiger partial charge in [-0.15, -0.1) is 11.3 Å². The number of carbonyl (C=O) groups is 3. The van der Waals surface area contributed by atoms with Crippen LogP contribution >= 0.6 is 22.9 Å². The van der Waals surface area contributed by atoms with Crippen molar-refractivity contribution >= 4 is 57.7 Å². The molecule has 2 N–H and O–H groups in total. The third kappa shape index (κ3) is 4.01. The minimum atomic E-state index is -0.966. The van der Waals surface area contributed by atoms with Crippen molar-refractivity contribution in [1.82, 2.24) is 0 Å². The summed E-state index contributed by atoms with van der Waals surface area (Å²) < 4.78 is 0. The number of anilines is 3. The molecule has 0 unspecified atom stereocenters. The normalized spacial score (nSPS) is 15.4. The highest BCUT2D eigenvalue weighted by Crippen LogP contribution is 2.34. The Morgan fingerprint density at radius 3 is 2.55 bits per heavy atom. The first-order valence-corrected chi connectivity index (χ1v) is 10.1. The first-order valence-electron chi connectivity index (χ1n) is 8.85. The molecule has 0 spiro atoms. The Balaban J connectivity index is 1.62. The number of hydrogen-bond donors (Lipinski definition) is 2. The summed E-state index contributed by atoms with van der Waals surface area (Å²) in [6, 6.07) is 16.2. The molecule has 3 aromatic rings. The molecule has 1 aromatic heterocycles. The number of para-hydroxylation sites is 2. The van der Waals surface area contributed by atoms with Gasteiger partial charge >= 0.3 is 0 Å². The van der Waals surface area contributed by atoms with E-state index >= 15 is 0 Å². The van der Waals surface area contributed by atoms with Crippen molar-refractivity contribution in [3.63, 3.8) is 0 Å². The highest BCUT2D eigenvalue weighted by molar-refractivity contribution is 7.12. The van der Waals surface area contributed by atoms with Crippen molar-refractivity contribution in [2.45, 2.75) is 12.5 Å². The van der Waals surface area contributed by atoms with Crippen LogP contribution < -0.4 is 15.5 Å². The number of nitrogens with zero attached hydrogens (tertiary/aromatic N) is 1. The molecular weight excluding hydrogens is 410 g/mol. The molecule has 3 amide bonds. The summed E-state index contributed by atoms with van der Waals surface area (Å²) in [5.41, 5.74) is 1.67. The number of amides is 3. The van der Waals surface area contributed by atoms with E-state index in [4.69, 9.17) is 11.6 Å². The lowest BCUT2D eigenvalue weighted by molar-refractivity contribution is -0.122. The number of halogens is 1. The fourth-order valence-electron chi connectivity index (χ4n) is 3.17. The number of carbonyl (C=O) groups excluding carboxylic acids is 3. The van der Waals surface area contributed by atoms with Gasteiger partial charge in [-0.05, 0) is 47.8 Å². The van der Waals surface area contributed by atoms with E-state index in [0.29, 0.717) is 27.0 Å². The average Bonchev–Trinajstić information content (AvgIpc) is 3.25. The molecule has 0 fully saturated rings. The smallest absolute Gasteiger partial charge is 0.269 e. The Morgan fingerprint density at radius 1 is 1.07 bits per heavy atom. The molecule has 0 saturated carbocycles. The number of rotatable bonds is 4. The van der Waals surface area contributed by atoms with Gasteiger partial charge in [0.15, 0.2) is 0 Å². The quantitative estimate of drug-likeness (QED) is 0.650. The van der Waals surface area contributed by atoms with Crippen LogP contribution in [0.4, 0.5) is 17.1 Å². The van der Waals surface area contributed by atoms with Crippen LogP contribution in [0.15, 0.2) is 66.0 Å². The molecule has 6 nitrogen and oxygen atoms in total. The molecular formula is C21H16ClN3O3S. The predicted molar refractivity (Wildman–Crippen MR) is 115 cm³/mol. The zero-order valence-electron chi connectivity index (χ0n) is 15.1. The maximum atomic E-state index is 13.2. The fraction of sp³-hybridized carbons (Fsp3) is 0.0952. The molecule has 0 radical (unpaired) electrons. The molecule has 146 valence electrons. The largest absolute Gasteiger partial charge is 0.326 e. The Kier molecular flexibility index (Phi) is 5.33. The van der Waals surface area contributed by atoms with Gasteiger partial charge in [0.25, 0.3) is 5.91 Å². The van der Waals surface area contributed by atoms with E-state index in [1.54, 1.807) is 66.0 Å². The molecule has 29 heavy (non-hydrogen) atoms. The lowest BCUT2D eigenvalue weighted by atomic mass is 10.0. The van der Waals surface area contributed by atoms with Crippen LogP contribution in [0.1, 0.15) is 16.1 Å². The van der Waals surface area contributed by atoms with E-state index < -0.39 is 11.9 Å². The van der Waals surface area contributed by atoms with Crippen molar-refractivity contribution < 1.29 is 14.4 Å². The van der Waals surface area contributed by atoms with E-state index in [2.05, 4.69) is 10.6 Å². The van der Waals surface area contributed by atoms with Crippen LogP contribution in [-0.4, -0.2) is 23.8 Å². The molecule has 0 bridgehead atoms. The van der Waals surface area contributed by atoms with Crippen LogP contribution in [-0.2, 0) is 9.59 Å². The van der Waals surface area contributed by atoms with Crippen LogP contribution in [0.5, 0.6) is 0 Å². The second-order valence-corrected chi connectivity index (χ2v) is 7.82. The van der Waals surface area contributed by atoms with Crippen molar-refractivity contribution in [3.05, 3.63) is 75.9 Å². The molecule has 2 aromatic carbocycles. The van der Waals surface area contributed by atoms with E-state index in [9.17, 15) is 14.4 Å². The van der Waals surface area contributed by atoms with Crippen LogP contribution in [0, 0.1) is 0 Å². The third-order valence-corrected chi connectivity index (χ3v) is 5.60. The van der Waals surface area contributed by atoms with Crippen LogP contribution in [0.3, 0.4) is 0 Å². The number of fused-ring (bicyclic) bond motifs is 1. The average molecular weight is 426 g/mol. The highest BCUT2D eigenvalue weighted by atomic mass is 35.5. The summed E-state index contributed by atoms with van der Waals surface area (Å²) in [6.07, 6.45) is -0.181. The lowest BCUT2D eigenvalue weighted by Crippen LogP contribution is -2.52. The molecule has 1 atom stereocenters. The maximum Gasteiger partial charge on any atom is 0.269 e. The summed E-state index contributed by atoms with van der Waals surface area (Å²) >= 11 is 7.15. The van der Waals surface area contributed by atoms with Crippen molar-refractivity contribution in [2.24, 2.45) is 0 Å². The molecule has 0 aliphatic carbocycles. The van der Waals surface area contributed by atoms with Gasteiger partial charge in [0.2, 0.25) is 11.8 Å². The van der Waals surface area contributed by atoms with Gasteiger partial charge in [-0.3, -0.25) is 19.3 Å².